The predicted molar refractivity (Wildman–Crippen MR) is 121 cm³/mol. The molecule has 3 aromatic carbocycles. The molecule has 0 N–H and O–H groups in total. The van der Waals surface area contributed by atoms with E-state index in [9.17, 15) is 31.9 Å². The summed E-state index contributed by atoms with van der Waals surface area (Å²) in [5.74, 6) is -5.52. The minimum Gasteiger partial charge on any atom is -0.462 e. The van der Waals surface area contributed by atoms with Crippen LogP contribution in [0.2, 0.25) is 0 Å². The van der Waals surface area contributed by atoms with Crippen LogP contribution in [0.5, 0.6) is 17.2 Å². The van der Waals surface area contributed by atoms with Crippen molar-refractivity contribution in [3.8, 4) is 17.2 Å². The maximum absolute atomic E-state index is 13.8. The molecule has 4 aromatic rings. The summed E-state index contributed by atoms with van der Waals surface area (Å²) in [5.41, 5.74) is -1.65. The van der Waals surface area contributed by atoms with Gasteiger partial charge < -0.3 is 18.6 Å². The summed E-state index contributed by atoms with van der Waals surface area (Å²) in [4.78, 5) is 37.0. The summed E-state index contributed by atoms with van der Waals surface area (Å²) in [6, 6.07) is 12.8. The molecule has 1 heterocycles. The van der Waals surface area contributed by atoms with Gasteiger partial charge in [-0.25, -0.2) is 14.0 Å². The maximum Gasteiger partial charge on any atom is 0.453 e. The highest BCUT2D eigenvalue weighted by atomic mass is 19.4. The number of fused-ring (bicyclic) bond motifs is 1. The molecule has 0 saturated heterocycles. The van der Waals surface area contributed by atoms with Gasteiger partial charge in [-0.15, -0.1) is 0 Å². The van der Waals surface area contributed by atoms with Crippen molar-refractivity contribution in [2.24, 2.45) is 0 Å². The Bertz CT molecular complexity index is 1540. The highest BCUT2D eigenvalue weighted by Gasteiger charge is 2.40. The molecule has 190 valence electrons. The van der Waals surface area contributed by atoms with Crippen molar-refractivity contribution in [1.82, 2.24) is 0 Å². The number of alkyl halides is 3. The molecule has 0 atom stereocenters. The molecular formula is C26H16F4O7. The largest absolute Gasteiger partial charge is 0.462 e. The molecule has 11 heteroatoms. The summed E-state index contributed by atoms with van der Waals surface area (Å²) < 4.78 is 74.9. The first-order chi connectivity index (χ1) is 17.6. The van der Waals surface area contributed by atoms with Crippen molar-refractivity contribution in [3.63, 3.8) is 0 Å². The first kappa shape index (κ1) is 25.4. The molecule has 0 bridgehead atoms. The van der Waals surface area contributed by atoms with E-state index in [-0.39, 0.29) is 34.6 Å². The monoisotopic (exact) mass is 516 g/mol. The van der Waals surface area contributed by atoms with Crippen LogP contribution < -0.4 is 14.9 Å². The number of esters is 2. The van der Waals surface area contributed by atoms with Gasteiger partial charge in [0.2, 0.25) is 11.2 Å². The van der Waals surface area contributed by atoms with Crippen molar-refractivity contribution in [3.05, 3.63) is 99.7 Å². The van der Waals surface area contributed by atoms with E-state index in [2.05, 4.69) is 0 Å². The molecule has 7 nitrogen and oxygen atoms in total. The van der Waals surface area contributed by atoms with Crippen LogP contribution in [0.15, 0.2) is 75.9 Å². The van der Waals surface area contributed by atoms with Crippen LogP contribution in [0, 0.1) is 5.82 Å². The third kappa shape index (κ3) is 5.61. The Kier molecular flexibility index (Phi) is 6.96. The Labute approximate surface area is 205 Å². The Morgan fingerprint density at radius 3 is 2.24 bits per heavy atom. The molecule has 0 aliphatic heterocycles. The van der Waals surface area contributed by atoms with E-state index in [1.165, 1.54) is 42.5 Å². The minimum absolute atomic E-state index is 0.129. The second-order valence-corrected chi connectivity index (χ2v) is 7.49. The van der Waals surface area contributed by atoms with Gasteiger partial charge in [-0.3, -0.25) is 4.79 Å². The van der Waals surface area contributed by atoms with Crippen LogP contribution in [-0.4, -0.2) is 18.5 Å². The van der Waals surface area contributed by atoms with Gasteiger partial charge in [-0.2, -0.15) is 13.2 Å². The second-order valence-electron chi connectivity index (χ2n) is 7.49. The summed E-state index contributed by atoms with van der Waals surface area (Å²) in [6.45, 7) is 1.75. The molecule has 0 fully saturated rings. The molecular weight excluding hydrogens is 500 g/mol. The molecule has 0 radical (unpaired) electrons. The zero-order valence-corrected chi connectivity index (χ0v) is 18.9. The third-order valence-corrected chi connectivity index (χ3v) is 4.94. The Morgan fingerprint density at radius 1 is 0.892 bits per heavy atom. The van der Waals surface area contributed by atoms with Gasteiger partial charge in [0.05, 0.1) is 23.1 Å². The lowest BCUT2D eigenvalue weighted by molar-refractivity contribution is -0.154. The van der Waals surface area contributed by atoms with Crippen molar-refractivity contribution in [2.75, 3.05) is 6.61 Å². The van der Waals surface area contributed by atoms with Crippen LogP contribution >= 0.6 is 0 Å². The van der Waals surface area contributed by atoms with Crippen molar-refractivity contribution in [1.29, 1.82) is 0 Å². The van der Waals surface area contributed by atoms with Gasteiger partial charge in [0.25, 0.3) is 5.76 Å². The minimum atomic E-state index is -5.12. The predicted octanol–water partition coefficient (Wildman–Crippen LogP) is 6.14. The average molecular weight is 516 g/mol. The molecule has 0 saturated carbocycles. The number of hydrogen-bond acceptors (Lipinski definition) is 7. The van der Waals surface area contributed by atoms with E-state index in [1.54, 1.807) is 6.92 Å². The molecule has 0 aliphatic rings. The van der Waals surface area contributed by atoms with Crippen LogP contribution in [0.1, 0.15) is 33.4 Å². The number of benzene rings is 3. The molecule has 0 unspecified atom stereocenters. The lowest BCUT2D eigenvalue weighted by atomic mass is 10.2. The van der Waals surface area contributed by atoms with E-state index < -0.39 is 46.5 Å². The summed E-state index contributed by atoms with van der Waals surface area (Å²) in [6.07, 6.45) is -5.12. The fraction of sp³-hybridized carbons (Fsp3) is 0.115. The molecule has 0 aliphatic carbocycles. The number of halogens is 4. The van der Waals surface area contributed by atoms with E-state index >= 15 is 0 Å². The quantitative estimate of drug-likeness (QED) is 0.173. The van der Waals surface area contributed by atoms with Crippen molar-refractivity contribution < 1.29 is 45.8 Å². The normalized spacial score (nSPS) is 11.3. The standard InChI is InChI=1S/C26H16F4O7/c1-2-34-24(32)14-6-8-17(9-7-14)35-22-21(31)19-11-10-18(13-20(19)37-23(22)26(28,29)30)36-25(33)15-4-3-5-16(27)12-15/h3-13H,2H2,1H3. The van der Waals surface area contributed by atoms with Crippen molar-refractivity contribution >= 4 is 22.9 Å². The second kappa shape index (κ2) is 10.1. The van der Waals surface area contributed by atoms with Crippen molar-refractivity contribution in [2.45, 2.75) is 13.1 Å². The van der Waals surface area contributed by atoms with E-state index in [0.29, 0.717) is 0 Å². The van der Waals surface area contributed by atoms with Crippen LogP contribution in [0.4, 0.5) is 17.6 Å². The fourth-order valence-corrected chi connectivity index (χ4v) is 3.27. The summed E-state index contributed by atoms with van der Waals surface area (Å²) >= 11 is 0. The SMILES string of the molecule is CCOC(=O)c1ccc(Oc2c(C(F)(F)F)oc3cc(OC(=O)c4cccc(F)c4)ccc3c2=O)cc1. The Hall–Kier alpha value is -4.67. The molecule has 37 heavy (non-hydrogen) atoms. The lowest BCUT2D eigenvalue weighted by Crippen LogP contribution is -2.16. The van der Waals surface area contributed by atoms with E-state index in [1.807, 2.05) is 0 Å². The Balaban J connectivity index is 1.69. The maximum atomic E-state index is 13.8. The zero-order valence-electron chi connectivity index (χ0n) is 18.9. The number of carbonyl (C=O) groups excluding carboxylic acids is 2. The number of rotatable bonds is 6. The fourth-order valence-electron chi connectivity index (χ4n) is 3.27. The highest BCUT2D eigenvalue weighted by Crippen LogP contribution is 2.38. The molecule has 0 spiro atoms. The topological polar surface area (TPSA) is 92.0 Å². The van der Waals surface area contributed by atoms with E-state index in [4.69, 9.17) is 18.6 Å². The molecule has 1 aromatic heterocycles. The third-order valence-electron chi connectivity index (χ3n) is 4.94. The lowest BCUT2D eigenvalue weighted by Gasteiger charge is -2.14. The van der Waals surface area contributed by atoms with Gasteiger partial charge in [0, 0.05) is 6.07 Å². The van der Waals surface area contributed by atoms with E-state index in [0.717, 1.165) is 24.3 Å². The summed E-state index contributed by atoms with van der Waals surface area (Å²) in [5, 5.41) is -0.281. The Morgan fingerprint density at radius 2 is 1.59 bits per heavy atom. The smallest absolute Gasteiger partial charge is 0.453 e. The van der Waals surface area contributed by atoms with Gasteiger partial charge in [-0.1, -0.05) is 6.07 Å². The molecule has 0 amide bonds. The molecule has 4 rings (SSSR count). The average Bonchev–Trinajstić information content (AvgIpc) is 2.85. The number of hydrogen-bond donors (Lipinski definition) is 0. The van der Waals surface area contributed by atoms with Gasteiger partial charge >= 0.3 is 18.1 Å². The van der Waals surface area contributed by atoms with Gasteiger partial charge in [-0.05, 0) is 61.5 Å². The van der Waals surface area contributed by atoms with Crippen LogP contribution in [0.25, 0.3) is 11.0 Å². The van der Waals surface area contributed by atoms with Gasteiger partial charge in [0.1, 0.15) is 22.9 Å². The number of carbonyl (C=O) groups is 2. The first-order valence-electron chi connectivity index (χ1n) is 10.7. The van der Waals surface area contributed by atoms with Crippen LogP contribution in [0.3, 0.4) is 0 Å². The zero-order chi connectivity index (χ0) is 26.7. The summed E-state index contributed by atoms with van der Waals surface area (Å²) in [7, 11) is 0. The highest BCUT2D eigenvalue weighted by molar-refractivity contribution is 5.92. The van der Waals surface area contributed by atoms with Gasteiger partial charge in [0.15, 0.2) is 0 Å². The van der Waals surface area contributed by atoms with Crippen LogP contribution in [-0.2, 0) is 10.9 Å². The number of ether oxygens (including phenoxy) is 3. The first-order valence-corrected chi connectivity index (χ1v) is 10.7.